The Morgan fingerprint density at radius 3 is 1.81 bits per heavy atom. The number of unbranched alkanes of at least 4 members (excludes halogenated alkanes) is 7. The smallest absolute Gasteiger partial charge is 0.324 e. The van der Waals surface area contributed by atoms with Crippen molar-refractivity contribution in [2.45, 2.75) is 96.8 Å². The molecule has 0 aromatic heterocycles. The van der Waals surface area contributed by atoms with Crippen LogP contribution in [0.4, 0.5) is 0 Å². The lowest BCUT2D eigenvalue weighted by Gasteiger charge is -2.56. The Morgan fingerprint density at radius 2 is 1.31 bits per heavy atom. The molecule has 4 aliphatic rings. The van der Waals surface area contributed by atoms with Crippen molar-refractivity contribution in [2.24, 2.45) is 35.5 Å². The molecule has 4 heteroatoms. The van der Waals surface area contributed by atoms with Gasteiger partial charge in [0.25, 0.3) is 0 Å². The summed E-state index contributed by atoms with van der Waals surface area (Å²) in [7, 11) is -3.91. The molecular weight excluding hydrogens is 343 g/mol. The lowest BCUT2D eigenvalue weighted by atomic mass is 9.49. The molecule has 4 bridgehead atoms. The Balaban J connectivity index is 1.47. The van der Waals surface area contributed by atoms with Gasteiger partial charge >= 0.3 is 7.60 Å². The van der Waals surface area contributed by atoms with Gasteiger partial charge in [-0.3, -0.25) is 4.57 Å². The largest absolute Gasteiger partial charge is 0.325 e. The predicted octanol–water partition coefficient (Wildman–Crippen LogP) is 6.38. The summed E-state index contributed by atoms with van der Waals surface area (Å²) in [5.74, 6) is 4.31. The summed E-state index contributed by atoms with van der Waals surface area (Å²) >= 11 is 0. The van der Waals surface area contributed by atoms with Crippen molar-refractivity contribution in [1.29, 1.82) is 0 Å². The van der Waals surface area contributed by atoms with Crippen LogP contribution in [0.3, 0.4) is 0 Å². The molecule has 4 rings (SSSR count). The van der Waals surface area contributed by atoms with Crippen LogP contribution in [0.5, 0.6) is 0 Å². The molecule has 4 fully saturated rings. The maximum atomic E-state index is 11.8. The minimum atomic E-state index is -3.91. The average molecular weight is 385 g/mol. The van der Waals surface area contributed by atoms with Crippen molar-refractivity contribution in [3.63, 3.8) is 0 Å². The van der Waals surface area contributed by atoms with Gasteiger partial charge in [0.1, 0.15) is 0 Å². The lowest BCUT2D eigenvalue weighted by Crippen LogP contribution is -2.48. The minimum absolute atomic E-state index is 0.149. The van der Waals surface area contributed by atoms with Gasteiger partial charge in [0.05, 0.1) is 6.16 Å². The van der Waals surface area contributed by atoms with E-state index in [1.54, 1.807) is 0 Å². The Bertz CT molecular complexity index is 444. The molecule has 1 unspecified atom stereocenters. The third kappa shape index (κ3) is 5.82. The summed E-state index contributed by atoms with van der Waals surface area (Å²) in [6.07, 6.45) is 18.5. The highest BCUT2D eigenvalue weighted by Gasteiger charge is 2.50. The van der Waals surface area contributed by atoms with E-state index in [0.29, 0.717) is 5.92 Å². The van der Waals surface area contributed by atoms with Gasteiger partial charge < -0.3 is 9.79 Å². The Hall–Kier alpha value is 0.150. The zero-order valence-electron chi connectivity index (χ0n) is 16.8. The fourth-order valence-corrected chi connectivity index (χ4v) is 8.03. The van der Waals surface area contributed by atoms with Crippen LogP contribution in [-0.4, -0.2) is 15.9 Å². The summed E-state index contributed by atoms with van der Waals surface area (Å²) in [6.45, 7) is 2.26. The number of hydrogen-bond donors (Lipinski definition) is 2. The van der Waals surface area contributed by atoms with Gasteiger partial charge in [-0.2, -0.15) is 0 Å². The van der Waals surface area contributed by atoms with Crippen LogP contribution in [0, 0.1) is 35.5 Å². The van der Waals surface area contributed by atoms with Gasteiger partial charge in [-0.25, -0.2) is 0 Å². The zero-order chi connectivity index (χ0) is 18.6. The van der Waals surface area contributed by atoms with E-state index in [2.05, 4.69) is 6.92 Å². The van der Waals surface area contributed by atoms with Gasteiger partial charge in [-0.1, -0.05) is 58.3 Å². The number of rotatable bonds is 12. The summed E-state index contributed by atoms with van der Waals surface area (Å²) < 4.78 is 11.8. The molecule has 0 aromatic rings. The summed E-state index contributed by atoms with van der Waals surface area (Å²) in [6, 6.07) is 0. The Labute approximate surface area is 160 Å². The van der Waals surface area contributed by atoms with E-state index in [9.17, 15) is 14.4 Å². The maximum Gasteiger partial charge on any atom is 0.325 e. The predicted molar refractivity (Wildman–Crippen MR) is 108 cm³/mol. The van der Waals surface area contributed by atoms with Crippen LogP contribution in [-0.2, 0) is 4.57 Å². The maximum absolute atomic E-state index is 11.8. The van der Waals surface area contributed by atoms with E-state index in [1.807, 2.05) is 0 Å². The fraction of sp³-hybridized carbons (Fsp3) is 1.00. The summed E-state index contributed by atoms with van der Waals surface area (Å²) in [4.78, 5) is 19.4. The van der Waals surface area contributed by atoms with Crippen LogP contribution in [0.25, 0.3) is 0 Å². The first kappa shape index (κ1) is 20.9. The lowest BCUT2D eigenvalue weighted by molar-refractivity contribution is -0.0600. The molecule has 152 valence electrons. The standard InChI is InChI=1S/C22H41O3P/c1-2-3-4-5-6-7-8-9-10-19(16-26(23,24)25)22-20-12-17-11-18(14-20)15-21(22)13-17/h17-22H,2-16H2,1H3,(H2,23,24,25). The first-order valence-corrected chi connectivity index (χ1v) is 13.3. The molecule has 26 heavy (non-hydrogen) atoms. The van der Waals surface area contributed by atoms with E-state index in [-0.39, 0.29) is 12.1 Å². The highest BCUT2D eigenvalue weighted by Crippen LogP contribution is 2.60. The minimum Gasteiger partial charge on any atom is -0.324 e. The molecule has 0 spiro atoms. The van der Waals surface area contributed by atoms with Gasteiger partial charge in [0.15, 0.2) is 0 Å². The first-order chi connectivity index (χ1) is 12.5. The van der Waals surface area contributed by atoms with Gasteiger partial charge in [0.2, 0.25) is 0 Å². The SMILES string of the molecule is CCCCCCCCCCC(CP(=O)(O)O)C1C2CC3CC(C2)CC1C3. The second-order valence-corrected chi connectivity index (χ2v) is 11.6. The van der Waals surface area contributed by atoms with Gasteiger partial charge in [-0.15, -0.1) is 0 Å². The third-order valence-electron chi connectivity index (χ3n) is 7.74. The second-order valence-electron chi connectivity index (χ2n) is 9.88. The molecule has 4 aliphatic carbocycles. The Morgan fingerprint density at radius 1 is 0.808 bits per heavy atom. The molecule has 1 atom stereocenters. The van der Waals surface area contributed by atoms with Gasteiger partial charge in [-0.05, 0) is 74.0 Å². The molecule has 0 saturated heterocycles. The van der Waals surface area contributed by atoms with E-state index in [1.165, 1.54) is 83.5 Å². The normalized spacial score (nSPS) is 34.3. The summed E-state index contributed by atoms with van der Waals surface area (Å²) in [5, 5.41) is 0. The third-order valence-corrected chi connectivity index (χ3v) is 8.69. The van der Waals surface area contributed by atoms with Crippen LogP contribution in [0.15, 0.2) is 0 Å². The molecule has 4 saturated carbocycles. The van der Waals surface area contributed by atoms with Crippen molar-refractivity contribution in [2.75, 3.05) is 6.16 Å². The molecule has 0 radical (unpaired) electrons. The molecule has 0 amide bonds. The van der Waals surface area contributed by atoms with Gasteiger partial charge in [0, 0.05) is 0 Å². The van der Waals surface area contributed by atoms with Crippen molar-refractivity contribution in [3.8, 4) is 0 Å². The zero-order valence-corrected chi connectivity index (χ0v) is 17.7. The molecule has 0 aromatic carbocycles. The Kier molecular flexibility index (Phi) is 7.68. The number of hydrogen-bond acceptors (Lipinski definition) is 1. The molecule has 0 heterocycles. The first-order valence-electron chi connectivity index (χ1n) is 11.5. The van der Waals surface area contributed by atoms with Crippen LogP contribution < -0.4 is 0 Å². The van der Waals surface area contributed by atoms with Crippen molar-refractivity contribution >= 4 is 7.60 Å². The summed E-state index contributed by atoms with van der Waals surface area (Å²) in [5.41, 5.74) is 0. The topological polar surface area (TPSA) is 57.5 Å². The molecule has 0 aliphatic heterocycles. The highest BCUT2D eigenvalue weighted by atomic mass is 31.2. The monoisotopic (exact) mass is 384 g/mol. The van der Waals surface area contributed by atoms with Crippen molar-refractivity contribution in [3.05, 3.63) is 0 Å². The van der Waals surface area contributed by atoms with Crippen LogP contribution >= 0.6 is 7.60 Å². The fourth-order valence-electron chi connectivity index (χ4n) is 6.99. The van der Waals surface area contributed by atoms with Crippen molar-refractivity contribution < 1.29 is 14.4 Å². The van der Waals surface area contributed by atoms with E-state index >= 15 is 0 Å². The van der Waals surface area contributed by atoms with Crippen molar-refractivity contribution in [1.82, 2.24) is 0 Å². The molecule has 2 N–H and O–H groups in total. The van der Waals surface area contributed by atoms with E-state index in [0.717, 1.165) is 30.1 Å². The second kappa shape index (κ2) is 9.57. The molecular formula is C22H41O3P. The van der Waals surface area contributed by atoms with E-state index < -0.39 is 7.60 Å². The quantitative estimate of drug-likeness (QED) is 0.303. The van der Waals surface area contributed by atoms with Crippen LogP contribution in [0.2, 0.25) is 0 Å². The van der Waals surface area contributed by atoms with Crippen LogP contribution in [0.1, 0.15) is 96.8 Å². The highest BCUT2D eigenvalue weighted by molar-refractivity contribution is 7.51. The molecule has 3 nitrogen and oxygen atoms in total. The average Bonchev–Trinajstić information content (AvgIpc) is 2.54. The van der Waals surface area contributed by atoms with E-state index in [4.69, 9.17) is 0 Å².